The molecular formula is C16H16F2N4O. The van der Waals surface area contributed by atoms with Gasteiger partial charge in [0.2, 0.25) is 0 Å². The summed E-state index contributed by atoms with van der Waals surface area (Å²) < 4.78 is 26.3. The number of hydrogen-bond donors (Lipinski definition) is 2. The second kappa shape index (κ2) is 7.04. The van der Waals surface area contributed by atoms with E-state index in [2.05, 4.69) is 15.2 Å². The minimum atomic E-state index is -0.928. The number of benzene rings is 1. The van der Waals surface area contributed by atoms with Crippen molar-refractivity contribution in [3.05, 3.63) is 53.1 Å². The largest absolute Gasteiger partial charge is 0.305 e. The summed E-state index contributed by atoms with van der Waals surface area (Å²) in [6, 6.07) is 2.73. The van der Waals surface area contributed by atoms with Crippen molar-refractivity contribution in [1.82, 2.24) is 15.2 Å². The summed E-state index contributed by atoms with van der Waals surface area (Å²) in [4.78, 5) is 16.1. The van der Waals surface area contributed by atoms with Gasteiger partial charge in [0, 0.05) is 17.7 Å². The van der Waals surface area contributed by atoms with Crippen LogP contribution in [0, 0.1) is 17.0 Å². The Bertz CT molecular complexity index is 765. The molecule has 1 heterocycles. The topological polar surface area (TPSA) is 82.5 Å². The van der Waals surface area contributed by atoms with Gasteiger partial charge in [-0.2, -0.15) is 5.10 Å². The minimum absolute atomic E-state index is 0.0189. The first kappa shape index (κ1) is 16.7. The van der Waals surface area contributed by atoms with Gasteiger partial charge in [-0.15, -0.1) is 0 Å². The molecule has 5 nitrogen and oxygen atoms in total. The van der Waals surface area contributed by atoms with Crippen LogP contribution in [0.2, 0.25) is 0 Å². The fourth-order valence-corrected chi connectivity index (χ4v) is 1.84. The Morgan fingerprint density at radius 3 is 2.74 bits per heavy atom. The van der Waals surface area contributed by atoms with E-state index in [1.54, 1.807) is 0 Å². The molecule has 7 heteroatoms. The van der Waals surface area contributed by atoms with E-state index in [0.29, 0.717) is 11.9 Å². The minimum Gasteiger partial charge on any atom is -0.305 e. The lowest BCUT2D eigenvalue weighted by atomic mass is 10.0. The Morgan fingerprint density at radius 1 is 1.39 bits per heavy atom. The number of rotatable bonds is 6. The van der Waals surface area contributed by atoms with Gasteiger partial charge in [0.05, 0.1) is 12.0 Å². The summed E-state index contributed by atoms with van der Waals surface area (Å²) >= 11 is 0. The quantitative estimate of drug-likeness (QED) is 0.631. The third-order valence-corrected chi connectivity index (χ3v) is 3.08. The Balaban J connectivity index is 2.00. The predicted molar refractivity (Wildman–Crippen MR) is 82.5 cm³/mol. The molecule has 1 aromatic carbocycles. The number of nitrogens with one attached hydrogen (secondary N) is 2. The lowest BCUT2D eigenvalue weighted by molar-refractivity contribution is 0.0997. The molecule has 0 spiro atoms. The van der Waals surface area contributed by atoms with Crippen molar-refractivity contribution in [3.8, 4) is 0 Å². The molecule has 0 atom stereocenters. The van der Waals surface area contributed by atoms with Crippen LogP contribution in [0.4, 0.5) is 8.78 Å². The molecule has 0 radical (unpaired) electrons. The van der Waals surface area contributed by atoms with Crippen LogP contribution in [-0.2, 0) is 0 Å². The second-order valence-electron chi connectivity index (χ2n) is 5.32. The third kappa shape index (κ3) is 4.38. The van der Waals surface area contributed by atoms with Crippen LogP contribution in [0.15, 0.2) is 24.3 Å². The van der Waals surface area contributed by atoms with E-state index in [1.165, 1.54) is 12.2 Å². The van der Waals surface area contributed by atoms with E-state index in [9.17, 15) is 13.6 Å². The number of ketones is 1. The van der Waals surface area contributed by atoms with E-state index in [0.717, 1.165) is 18.0 Å². The molecule has 0 saturated carbocycles. The fraction of sp³-hybridized carbons (Fsp3) is 0.250. The first-order valence-electron chi connectivity index (χ1n) is 7.03. The van der Waals surface area contributed by atoms with Crippen molar-refractivity contribution in [1.29, 1.82) is 5.41 Å². The molecule has 0 unspecified atom stereocenters. The summed E-state index contributed by atoms with van der Waals surface area (Å²) in [6.45, 7) is 3.93. The van der Waals surface area contributed by atoms with Gasteiger partial charge in [0.25, 0.3) is 0 Å². The van der Waals surface area contributed by atoms with E-state index < -0.39 is 17.4 Å². The molecule has 0 aliphatic carbocycles. The molecular weight excluding hydrogens is 302 g/mol. The highest BCUT2D eigenvalue weighted by atomic mass is 19.1. The summed E-state index contributed by atoms with van der Waals surface area (Å²) in [5.74, 6) is -0.941. The maximum absolute atomic E-state index is 13.5. The molecule has 0 aliphatic heterocycles. The molecule has 0 aliphatic rings. The van der Waals surface area contributed by atoms with Gasteiger partial charge in [-0.1, -0.05) is 13.8 Å². The maximum atomic E-state index is 13.5. The number of aromatic nitrogens is 3. The number of carbonyl (C=O) groups is 1. The van der Waals surface area contributed by atoms with E-state index in [4.69, 9.17) is 5.41 Å². The molecule has 2 aromatic rings. The van der Waals surface area contributed by atoms with Gasteiger partial charge in [-0.25, -0.2) is 13.8 Å². The second-order valence-corrected chi connectivity index (χ2v) is 5.32. The van der Waals surface area contributed by atoms with Crippen molar-refractivity contribution in [3.63, 3.8) is 0 Å². The highest BCUT2D eigenvalue weighted by molar-refractivity contribution is 6.13. The molecule has 120 valence electrons. The number of H-pyrrole nitrogens is 1. The molecule has 0 bridgehead atoms. The third-order valence-electron chi connectivity index (χ3n) is 3.08. The summed E-state index contributed by atoms with van der Waals surface area (Å²) in [5.41, 5.74) is -0.251. The zero-order valence-corrected chi connectivity index (χ0v) is 12.7. The lowest BCUT2D eigenvalue weighted by Crippen LogP contribution is -2.07. The Hall–Kier alpha value is -2.70. The summed E-state index contributed by atoms with van der Waals surface area (Å²) in [7, 11) is 0. The van der Waals surface area contributed by atoms with Gasteiger partial charge in [0.15, 0.2) is 11.6 Å². The van der Waals surface area contributed by atoms with Crippen molar-refractivity contribution in [2.75, 3.05) is 0 Å². The molecule has 2 rings (SSSR count). The van der Waals surface area contributed by atoms with Crippen molar-refractivity contribution < 1.29 is 13.6 Å². The zero-order valence-electron chi connectivity index (χ0n) is 12.7. The highest BCUT2D eigenvalue weighted by Gasteiger charge is 2.13. The number of halogens is 2. The van der Waals surface area contributed by atoms with Crippen LogP contribution in [-0.4, -0.2) is 26.7 Å². The van der Waals surface area contributed by atoms with Gasteiger partial charge < -0.3 is 5.41 Å². The highest BCUT2D eigenvalue weighted by Crippen LogP contribution is 2.13. The van der Waals surface area contributed by atoms with E-state index in [-0.39, 0.29) is 23.6 Å². The number of aromatic amines is 1. The molecule has 0 fully saturated rings. The SMILES string of the molecule is CC(C)c1nc(C=CC(=N)CC(=O)c2ccc(F)cc2F)n[nH]1. The standard InChI is InChI=1S/C16H16F2N4O/c1-9(2)16-20-15(21-22-16)6-4-11(19)8-14(23)12-5-3-10(17)7-13(12)18/h3-7,9,19H,8H2,1-2H3,(H,20,21,22). The average Bonchev–Trinajstić information content (AvgIpc) is 2.94. The zero-order chi connectivity index (χ0) is 17.0. The Labute approximate surface area is 132 Å². The van der Waals surface area contributed by atoms with Crippen molar-refractivity contribution in [2.24, 2.45) is 0 Å². The molecule has 23 heavy (non-hydrogen) atoms. The number of hydrogen-bond acceptors (Lipinski definition) is 4. The molecule has 2 N–H and O–H groups in total. The molecule has 0 amide bonds. The van der Waals surface area contributed by atoms with Crippen molar-refractivity contribution in [2.45, 2.75) is 26.2 Å². The average molecular weight is 318 g/mol. The number of Topliss-reactive ketones (excluding diaryl/α,β-unsaturated/α-hetero) is 1. The molecule has 0 saturated heterocycles. The van der Waals surface area contributed by atoms with E-state index in [1.807, 2.05) is 13.8 Å². The van der Waals surface area contributed by atoms with Crippen LogP contribution >= 0.6 is 0 Å². The van der Waals surface area contributed by atoms with Gasteiger partial charge >= 0.3 is 0 Å². The number of allylic oxidation sites excluding steroid dienone is 1. The van der Waals surface area contributed by atoms with Crippen molar-refractivity contribution >= 4 is 17.6 Å². The van der Waals surface area contributed by atoms with Crippen LogP contribution in [0.1, 0.15) is 48.2 Å². The van der Waals surface area contributed by atoms with Gasteiger partial charge in [-0.05, 0) is 24.3 Å². The lowest BCUT2D eigenvalue weighted by Gasteiger charge is -2.01. The first-order chi connectivity index (χ1) is 10.9. The van der Waals surface area contributed by atoms with Gasteiger partial charge in [-0.3, -0.25) is 9.89 Å². The maximum Gasteiger partial charge on any atom is 0.173 e. The summed E-state index contributed by atoms with van der Waals surface area (Å²) in [6.07, 6.45) is 2.59. The predicted octanol–water partition coefficient (Wildman–Crippen LogP) is 3.51. The monoisotopic (exact) mass is 318 g/mol. The van der Waals surface area contributed by atoms with Gasteiger partial charge in [0.1, 0.15) is 17.5 Å². The Kier molecular flexibility index (Phi) is 5.10. The van der Waals surface area contributed by atoms with Crippen LogP contribution < -0.4 is 0 Å². The normalized spacial score (nSPS) is 11.3. The van der Waals surface area contributed by atoms with E-state index >= 15 is 0 Å². The summed E-state index contributed by atoms with van der Waals surface area (Å²) in [5, 5.41) is 14.5. The first-order valence-corrected chi connectivity index (χ1v) is 7.03. The van der Waals surface area contributed by atoms with Crippen LogP contribution in [0.5, 0.6) is 0 Å². The fourth-order valence-electron chi connectivity index (χ4n) is 1.84. The number of nitrogens with zero attached hydrogens (tertiary/aromatic N) is 2. The van der Waals surface area contributed by atoms with Crippen LogP contribution in [0.3, 0.4) is 0 Å². The molecule has 1 aromatic heterocycles. The number of carbonyl (C=O) groups excluding carboxylic acids is 1. The smallest absolute Gasteiger partial charge is 0.173 e. The van der Waals surface area contributed by atoms with Crippen LogP contribution in [0.25, 0.3) is 6.08 Å². The Morgan fingerprint density at radius 2 is 2.13 bits per heavy atom.